The van der Waals surface area contributed by atoms with Crippen molar-refractivity contribution in [3.63, 3.8) is 0 Å². The normalized spacial score (nSPS) is 15.5. The molecule has 1 atom stereocenters. The lowest BCUT2D eigenvalue weighted by Crippen LogP contribution is -2.39. The molecule has 1 aliphatic rings. The molecule has 0 saturated heterocycles. The van der Waals surface area contributed by atoms with Crippen LogP contribution in [-0.4, -0.2) is 35.4 Å². The molecule has 6 heteroatoms. The van der Waals surface area contributed by atoms with Crippen LogP contribution in [0.15, 0.2) is 89.6 Å². The average molecular weight is 477 g/mol. The molecule has 178 valence electrons. The highest BCUT2D eigenvalue weighted by Crippen LogP contribution is 2.39. The van der Waals surface area contributed by atoms with Crippen molar-refractivity contribution >= 4 is 39.8 Å². The van der Waals surface area contributed by atoms with Gasteiger partial charge in [-0.05, 0) is 65.6 Å². The zero-order chi connectivity index (χ0) is 24.6. The maximum Gasteiger partial charge on any atom is 0.337 e. The van der Waals surface area contributed by atoms with Gasteiger partial charge < -0.3 is 19.0 Å². The third kappa shape index (κ3) is 3.77. The largest absolute Gasteiger partial charge is 0.465 e. The first-order valence-corrected chi connectivity index (χ1v) is 11.9. The van der Waals surface area contributed by atoms with E-state index in [0.29, 0.717) is 12.1 Å². The van der Waals surface area contributed by atoms with Crippen LogP contribution in [0.5, 0.6) is 0 Å². The molecule has 1 aliphatic heterocycles. The molecule has 3 aromatic carbocycles. The lowest BCUT2D eigenvalue weighted by atomic mass is 9.91. The molecule has 3 heterocycles. The van der Waals surface area contributed by atoms with Gasteiger partial charge in [-0.3, -0.25) is 4.79 Å². The molecule has 0 spiro atoms. The molecule has 0 saturated carbocycles. The number of furan rings is 1. The number of methoxy groups -OCH3 is 1. The van der Waals surface area contributed by atoms with Crippen LogP contribution in [0.25, 0.3) is 27.9 Å². The van der Waals surface area contributed by atoms with Crippen molar-refractivity contribution in [2.45, 2.75) is 12.5 Å². The summed E-state index contributed by atoms with van der Waals surface area (Å²) in [6, 6.07) is 23.0. The number of aromatic amines is 1. The Morgan fingerprint density at radius 3 is 2.72 bits per heavy atom. The van der Waals surface area contributed by atoms with Crippen LogP contribution in [-0.2, 0) is 16.0 Å². The molecule has 6 nitrogen and oxygen atoms in total. The maximum absolute atomic E-state index is 13.5. The summed E-state index contributed by atoms with van der Waals surface area (Å²) in [4.78, 5) is 30.8. The molecule has 5 aromatic rings. The van der Waals surface area contributed by atoms with Crippen LogP contribution in [0.3, 0.4) is 0 Å². The number of aromatic nitrogens is 1. The fourth-order valence-electron chi connectivity index (χ4n) is 5.09. The number of carbonyl (C=O) groups excluding carboxylic acids is 2. The number of ether oxygens (including phenoxy) is 1. The predicted octanol–water partition coefficient (Wildman–Crippen LogP) is 5.89. The van der Waals surface area contributed by atoms with E-state index in [2.05, 4.69) is 29.2 Å². The third-order valence-electron chi connectivity index (χ3n) is 6.86. The van der Waals surface area contributed by atoms with Gasteiger partial charge in [-0.15, -0.1) is 0 Å². The number of carbonyl (C=O) groups is 2. The summed E-state index contributed by atoms with van der Waals surface area (Å²) < 4.78 is 10.3. The second-order valence-electron chi connectivity index (χ2n) is 8.91. The summed E-state index contributed by atoms with van der Waals surface area (Å²) in [5.74, 6) is -0.463. The molecule has 0 aliphatic carbocycles. The van der Waals surface area contributed by atoms with Gasteiger partial charge in [0.25, 0.3) is 0 Å². The Morgan fingerprint density at radius 1 is 1.06 bits per heavy atom. The topological polar surface area (TPSA) is 75.5 Å². The molecule has 36 heavy (non-hydrogen) atoms. The lowest BCUT2D eigenvalue weighted by molar-refractivity contribution is -0.128. The lowest BCUT2D eigenvalue weighted by Gasteiger charge is -2.35. The fraction of sp³-hybridized carbons (Fsp3) is 0.133. The first-order chi connectivity index (χ1) is 17.6. The minimum Gasteiger partial charge on any atom is -0.465 e. The maximum atomic E-state index is 13.5. The number of fused-ring (bicyclic) bond motifs is 4. The zero-order valence-corrected chi connectivity index (χ0v) is 19.7. The van der Waals surface area contributed by atoms with Gasteiger partial charge in [0.05, 0.1) is 25.0 Å². The SMILES string of the molecule is COC(=O)c1ccc(/C=C/C(=O)N2CCc3c([nH]c4ccccc34)C2c2ccc3occc3c2)cc1. The van der Waals surface area contributed by atoms with Crippen molar-refractivity contribution < 1.29 is 18.7 Å². The van der Waals surface area contributed by atoms with E-state index in [1.54, 1.807) is 42.7 Å². The first-order valence-electron chi connectivity index (χ1n) is 11.9. The molecular formula is C30H24N2O4. The van der Waals surface area contributed by atoms with Gasteiger partial charge in [0.15, 0.2) is 0 Å². The zero-order valence-electron chi connectivity index (χ0n) is 19.7. The Morgan fingerprint density at radius 2 is 1.89 bits per heavy atom. The van der Waals surface area contributed by atoms with Crippen LogP contribution in [0.4, 0.5) is 0 Å². The summed E-state index contributed by atoms with van der Waals surface area (Å²) in [6.45, 7) is 0.605. The molecule has 1 N–H and O–H groups in total. The standard InChI is InChI=1S/C30H24N2O4/c1-35-30(34)20-9-6-19(7-10-20)8-13-27(33)32-16-14-24-23-4-2-3-5-25(23)31-28(24)29(32)22-11-12-26-21(18-22)15-17-36-26/h2-13,15,17-18,29,31H,14,16H2,1H3/b13-8+. The highest BCUT2D eigenvalue weighted by atomic mass is 16.5. The summed E-state index contributed by atoms with van der Waals surface area (Å²) >= 11 is 0. The Hall–Kier alpha value is -4.58. The van der Waals surface area contributed by atoms with Crippen molar-refractivity contribution in [2.75, 3.05) is 13.7 Å². The van der Waals surface area contributed by atoms with Crippen molar-refractivity contribution in [1.82, 2.24) is 9.88 Å². The molecule has 0 fully saturated rings. The number of esters is 1. The number of H-pyrrole nitrogens is 1. The first kappa shape index (κ1) is 21.9. The second kappa shape index (κ2) is 8.89. The van der Waals surface area contributed by atoms with Crippen LogP contribution in [0.2, 0.25) is 0 Å². The molecule has 0 bridgehead atoms. The van der Waals surface area contributed by atoms with E-state index in [-0.39, 0.29) is 17.9 Å². The van der Waals surface area contributed by atoms with E-state index >= 15 is 0 Å². The van der Waals surface area contributed by atoms with Crippen molar-refractivity contribution in [2.24, 2.45) is 0 Å². The van der Waals surface area contributed by atoms with Gasteiger partial charge >= 0.3 is 5.97 Å². The number of nitrogens with one attached hydrogen (secondary N) is 1. The minimum absolute atomic E-state index is 0.0753. The van der Waals surface area contributed by atoms with E-state index in [1.165, 1.54) is 18.1 Å². The monoisotopic (exact) mass is 476 g/mol. The summed E-state index contributed by atoms with van der Waals surface area (Å²) in [7, 11) is 1.35. The molecule has 1 amide bonds. The van der Waals surface area contributed by atoms with E-state index in [4.69, 9.17) is 9.15 Å². The van der Waals surface area contributed by atoms with Crippen LogP contribution >= 0.6 is 0 Å². The number of nitrogens with zero attached hydrogens (tertiary/aromatic N) is 1. The fourth-order valence-corrected chi connectivity index (χ4v) is 5.09. The number of amides is 1. The van der Waals surface area contributed by atoms with Crippen LogP contribution in [0, 0.1) is 0 Å². The molecular weight excluding hydrogens is 452 g/mol. The Kier molecular flexibility index (Phi) is 5.41. The van der Waals surface area contributed by atoms with Gasteiger partial charge in [-0.25, -0.2) is 4.79 Å². The second-order valence-corrected chi connectivity index (χ2v) is 8.91. The van der Waals surface area contributed by atoms with Gasteiger partial charge in [-0.2, -0.15) is 0 Å². The highest BCUT2D eigenvalue weighted by molar-refractivity contribution is 5.94. The molecule has 0 radical (unpaired) electrons. The quantitative estimate of drug-likeness (QED) is 0.259. The molecule has 1 unspecified atom stereocenters. The van der Waals surface area contributed by atoms with Crippen LogP contribution < -0.4 is 0 Å². The Labute approximate surface area is 207 Å². The van der Waals surface area contributed by atoms with Gasteiger partial charge in [0, 0.05) is 34.6 Å². The number of rotatable bonds is 4. The van der Waals surface area contributed by atoms with Crippen molar-refractivity contribution in [3.8, 4) is 0 Å². The summed E-state index contributed by atoms with van der Waals surface area (Å²) in [5.41, 5.74) is 6.53. The van der Waals surface area contributed by atoms with E-state index in [0.717, 1.165) is 39.7 Å². The van der Waals surface area contributed by atoms with Crippen molar-refractivity contribution in [1.29, 1.82) is 0 Å². The van der Waals surface area contributed by atoms with Crippen LogP contribution in [0.1, 0.15) is 38.8 Å². The van der Waals surface area contributed by atoms with Gasteiger partial charge in [0.2, 0.25) is 5.91 Å². The number of benzene rings is 3. The minimum atomic E-state index is -0.388. The smallest absolute Gasteiger partial charge is 0.337 e. The number of para-hydroxylation sites is 1. The van der Waals surface area contributed by atoms with E-state index in [1.807, 2.05) is 29.2 Å². The van der Waals surface area contributed by atoms with Gasteiger partial charge in [-0.1, -0.05) is 36.4 Å². The number of hydrogen-bond donors (Lipinski definition) is 1. The predicted molar refractivity (Wildman–Crippen MR) is 139 cm³/mol. The Bertz CT molecular complexity index is 1620. The summed E-state index contributed by atoms with van der Waals surface area (Å²) in [6.07, 6.45) is 5.84. The van der Waals surface area contributed by atoms with E-state index in [9.17, 15) is 9.59 Å². The summed E-state index contributed by atoms with van der Waals surface area (Å²) in [5, 5.41) is 2.21. The van der Waals surface area contributed by atoms with Crippen molar-refractivity contribution in [3.05, 3.63) is 113 Å². The van der Waals surface area contributed by atoms with E-state index < -0.39 is 0 Å². The number of hydrogen-bond acceptors (Lipinski definition) is 4. The molecule has 6 rings (SSSR count). The highest BCUT2D eigenvalue weighted by Gasteiger charge is 2.33. The van der Waals surface area contributed by atoms with Gasteiger partial charge in [0.1, 0.15) is 5.58 Å². The average Bonchev–Trinajstić information content (AvgIpc) is 3.55. The third-order valence-corrected chi connectivity index (χ3v) is 6.86. The molecule has 2 aromatic heterocycles. The Balaban J connectivity index is 1.37.